The summed E-state index contributed by atoms with van der Waals surface area (Å²) in [7, 11) is 4.97. The van der Waals surface area contributed by atoms with Crippen LogP contribution in [-0.2, 0) is 21.7 Å². The van der Waals surface area contributed by atoms with Crippen molar-refractivity contribution in [3.05, 3.63) is 29.3 Å². The standard InChI is InChI=1S/C11H14O3/c1-12-9-5-4-8-7-11(13-2,14-3)10(8)6-9/h4-6H,7H2,1-3H3. The van der Waals surface area contributed by atoms with Gasteiger partial charge in [-0.15, -0.1) is 0 Å². The van der Waals surface area contributed by atoms with Crippen molar-refractivity contribution in [2.75, 3.05) is 21.3 Å². The van der Waals surface area contributed by atoms with Crippen LogP contribution in [0.5, 0.6) is 5.75 Å². The van der Waals surface area contributed by atoms with Crippen molar-refractivity contribution in [3.8, 4) is 5.75 Å². The Morgan fingerprint density at radius 3 is 2.43 bits per heavy atom. The minimum atomic E-state index is -0.552. The minimum Gasteiger partial charge on any atom is -0.497 e. The average Bonchev–Trinajstić information content (AvgIpc) is 2.21. The van der Waals surface area contributed by atoms with Crippen LogP contribution in [0.25, 0.3) is 0 Å². The second-order valence-corrected chi connectivity index (χ2v) is 3.36. The Labute approximate surface area is 83.6 Å². The van der Waals surface area contributed by atoms with Gasteiger partial charge in [-0.25, -0.2) is 0 Å². The van der Waals surface area contributed by atoms with Crippen LogP contribution in [0.2, 0.25) is 0 Å². The van der Waals surface area contributed by atoms with Crippen molar-refractivity contribution in [2.45, 2.75) is 12.2 Å². The zero-order valence-corrected chi connectivity index (χ0v) is 8.66. The van der Waals surface area contributed by atoms with E-state index in [9.17, 15) is 0 Å². The van der Waals surface area contributed by atoms with Crippen LogP contribution in [0, 0.1) is 0 Å². The van der Waals surface area contributed by atoms with E-state index in [4.69, 9.17) is 14.2 Å². The molecular formula is C11H14O3. The van der Waals surface area contributed by atoms with Gasteiger partial charge in [0, 0.05) is 26.2 Å². The largest absolute Gasteiger partial charge is 0.497 e. The fraction of sp³-hybridized carbons (Fsp3) is 0.455. The van der Waals surface area contributed by atoms with Gasteiger partial charge in [0.1, 0.15) is 5.75 Å². The van der Waals surface area contributed by atoms with E-state index in [0.29, 0.717) is 0 Å². The average molecular weight is 194 g/mol. The van der Waals surface area contributed by atoms with Crippen molar-refractivity contribution in [2.24, 2.45) is 0 Å². The molecule has 0 fully saturated rings. The lowest BCUT2D eigenvalue weighted by Gasteiger charge is -2.41. The van der Waals surface area contributed by atoms with E-state index in [0.717, 1.165) is 17.7 Å². The maximum atomic E-state index is 5.37. The molecule has 1 aromatic carbocycles. The second kappa shape index (κ2) is 3.26. The summed E-state index contributed by atoms with van der Waals surface area (Å²) < 4.78 is 15.9. The van der Waals surface area contributed by atoms with E-state index in [1.807, 2.05) is 18.2 Å². The fourth-order valence-corrected chi connectivity index (χ4v) is 1.88. The molecule has 3 nitrogen and oxygen atoms in total. The molecular weight excluding hydrogens is 180 g/mol. The van der Waals surface area contributed by atoms with Gasteiger partial charge in [-0.05, 0) is 17.7 Å². The first kappa shape index (κ1) is 9.49. The summed E-state index contributed by atoms with van der Waals surface area (Å²) in [6.07, 6.45) is 0.805. The molecule has 0 bridgehead atoms. The Morgan fingerprint density at radius 1 is 1.14 bits per heavy atom. The fourth-order valence-electron chi connectivity index (χ4n) is 1.88. The molecule has 2 rings (SSSR count). The zero-order chi connectivity index (χ0) is 10.2. The minimum absolute atomic E-state index is 0.552. The van der Waals surface area contributed by atoms with Crippen molar-refractivity contribution in [3.63, 3.8) is 0 Å². The molecule has 0 saturated carbocycles. The van der Waals surface area contributed by atoms with E-state index >= 15 is 0 Å². The highest BCUT2D eigenvalue weighted by atomic mass is 16.7. The van der Waals surface area contributed by atoms with E-state index < -0.39 is 5.79 Å². The van der Waals surface area contributed by atoms with Crippen molar-refractivity contribution >= 4 is 0 Å². The van der Waals surface area contributed by atoms with E-state index in [2.05, 4.69) is 0 Å². The molecule has 0 amide bonds. The third-order valence-electron chi connectivity index (χ3n) is 2.81. The van der Waals surface area contributed by atoms with Crippen molar-refractivity contribution < 1.29 is 14.2 Å². The first-order valence-electron chi connectivity index (χ1n) is 4.53. The molecule has 1 aromatic rings. The SMILES string of the molecule is COc1ccc2c(c1)C(OC)(OC)C2. The summed E-state index contributed by atoms with van der Waals surface area (Å²) in [6, 6.07) is 5.96. The number of benzene rings is 1. The highest BCUT2D eigenvalue weighted by Gasteiger charge is 2.43. The highest BCUT2D eigenvalue weighted by molar-refractivity contribution is 5.45. The van der Waals surface area contributed by atoms with Crippen LogP contribution in [0.3, 0.4) is 0 Å². The van der Waals surface area contributed by atoms with Crippen LogP contribution < -0.4 is 4.74 Å². The number of ether oxygens (including phenoxy) is 3. The molecule has 0 unspecified atom stereocenters. The van der Waals surface area contributed by atoms with Crippen LogP contribution in [-0.4, -0.2) is 21.3 Å². The third-order valence-corrected chi connectivity index (χ3v) is 2.81. The number of methoxy groups -OCH3 is 3. The third kappa shape index (κ3) is 1.13. The topological polar surface area (TPSA) is 27.7 Å². The molecule has 0 atom stereocenters. The van der Waals surface area contributed by atoms with Gasteiger partial charge >= 0.3 is 0 Å². The van der Waals surface area contributed by atoms with E-state index in [1.165, 1.54) is 5.56 Å². The molecule has 0 aromatic heterocycles. The molecule has 3 heteroatoms. The molecule has 0 spiro atoms. The number of hydrogen-bond donors (Lipinski definition) is 0. The zero-order valence-electron chi connectivity index (χ0n) is 8.66. The van der Waals surface area contributed by atoms with E-state index in [1.54, 1.807) is 21.3 Å². The number of rotatable bonds is 3. The molecule has 0 aliphatic heterocycles. The normalized spacial score (nSPS) is 17.1. The van der Waals surface area contributed by atoms with Crippen LogP contribution in [0.1, 0.15) is 11.1 Å². The second-order valence-electron chi connectivity index (χ2n) is 3.36. The Kier molecular flexibility index (Phi) is 2.21. The number of hydrogen-bond acceptors (Lipinski definition) is 3. The Hall–Kier alpha value is -1.06. The molecule has 0 N–H and O–H groups in total. The van der Waals surface area contributed by atoms with Crippen molar-refractivity contribution in [1.82, 2.24) is 0 Å². The molecule has 1 aliphatic carbocycles. The highest BCUT2D eigenvalue weighted by Crippen LogP contribution is 2.43. The lowest BCUT2D eigenvalue weighted by atomic mass is 9.81. The summed E-state index contributed by atoms with van der Waals surface area (Å²) in [6.45, 7) is 0. The van der Waals surface area contributed by atoms with Crippen LogP contribution >= 0.6 is 0 Å². The lowest BCUT2D eigenvalue weighted by molar-refractivity contribution is -0.230. The lowest BCUT2D eigenvalue weighted by Crippen LogP contribution is -2.42. The van der Waals surface area contributed by atoms with Gasteiger partial charge in [0.25, 0.3) is 0 Å². The smallest absolute Gasteiger partial charge is 0.198 e. The Bertz CT molecular complexity index is 342. The van der Waals surface area contributed by atoms with E-state index in [-0.39, 0.29) is 0 Å². The maximum absolute atomic E-state index is 5.37. The first-order valence-corrected chi connectivity index (χ1v) is 4.53. The van der Waals surface area contributed by atoms with Gasteiger partial charge in [0.2, 0.25) is 0 Å². The van der Waals surface area contributed by atoms with Crippen molar-refractivity contribution in [1.29, 1.82) is 0 Å². The predicted octanol–water partition coefficient (Wildman–Crippen LogP) is 1.70. The van der Waals surface area contributed by atoms with Gasteiger partial charge in [-0.1, -0.05) is 6.07 Å². The molecule has 76 valence electrons. The molecule has 0 radical (unpaired) electrons. The van der Waals surface area contributed by atoms with Crippen LogP contribution in [0.4, 0.5) is 0 Å². The van der Waals surface area contributed by atoms with Gasteiger partial charge in [0.15, 0.2) is 5.79 Å². The summed E-state index contributed by atoms with van der Waals surface area (Å²) >= 11 is 0. The molecule has 0 saturated heterocycles. The van der Waals surface area contributed by atoms with Gasteiger partial charge < -0.3 is 14.2 Å². The van der Waals surface area contributed by atoms with Gasteiger partial charge in [-0.2, -0.15) is 0 Å². The Morgan fingerprint density at radius 2 is 1.86 bits per heavy atom. The monoisotopic (exact) mass is 194 g/mol. The quantitative estimate of drug-likeness (QED) is 0.685. The first-order chi connectivity index (χ1) is 6.75. The molecule has 14 heavy (non-hydrogen) atoms. The summed E-state index contributed by atoms with van der Waals surface area (Å²) in [5.41, 5.74) is 2.33. The summed E-state index contributed by atoms with van der Waals surface area (Å²) in [5.74, 6) is 0.283. The summed E-state index contributed by atoms with van der Waals surface area (Å²) in [5, 5.41) is 0. The maximum Gasteiger partial charge on any atom is 0.198 e. The molecule has 0 heterocycles. The van der Waals surface area contributed by atoms with Gasteiger partial charge in [-0.3, -0.25) is 0 Å². The summed E-state index contributed by atoms with van der Waals surface area (Å²) in [4.78, 5) is 0. The predicted molar refractivity (Wildman–Crippen MR) is 52.4 cm³/mol. The van der Waals surface area contributed by atoms with Gasteiger partial charge in [0.05, 0.1) is 7.11 Å². The molecule has 1 aliphatic rings. The van der Waals surface area contributed by atoms with Crippen LogP contribution in [0.15, 0.2) is 18.2 Å². The Balaban J connectivity index is 2.39. The number of fused-ring (bicyclic) bond motifs is 1.